The van der Waals surface area contributed by atoms with Gasteiger partial charge in [0.15, 0.2) is 0 Å². The predicted molar refractivity (Wildman–Crippen MR) is 69.3 cm³/mol. The lowest BCUT2D eigenvalue weighted by Gasteiger charge is -2.37. The Balaban J connectivity index is 4.31. The number of likely N-dealkylation sites (N-methyl/N-ethyl adjacent to an activating group) is 2. The Bertz CT molecular complexity index is 141. The summed E-state index contributed by atoms with van der Waals surface area (Å²) in [6.45, 7) is 13.6. The molecule has 0 aromatic carbocycles. The van der Waals surface area contributed by atoms with Gasteiger partial charge in [-0.2, -0.15) is 0 Å². The highest BCUT2D eigenvalue weighted by atomic mass is 15.2. The second-order valence-corrected chi connectivity index (χ2v) is 4.75. The van der Waals surface area contributed by atoms with Crippen molar-refractivity contribution < 1.29 is 0 Å². The van der Waals surface area contributed by atoms with Crippen molar-refractivity contribution in [3.8, 4) is 0 Å². The second kappa shape index (κ2) is 8.12. The molecule has 2 heteroatoms. The first kappa shape index (κ1) is 14.9. The van der Waals surface area contributed by atoms with E-state index in [1.807, 2.05) is 0 Å². The average Bonchev–Trinajstić information content (AvgIpc) is 2.19. The van der Waals surface area contributed by atoms with Crippen molar-refractivity contribution in [2.24, 2.45) is 5.92 Å². The van der Waals surface area contributed by atoms with E-state index in [0.717, 1.165) is 25.0 Å². The van der Waals surface area contributed by atoms with E-state index in [0.29, 0.717) is 6.04 Å². The van der Waals surface area contributed by atoms with Gasteiger partial charge in [0.1, 0.15) is 0 Å². The molecule has 2 nitrogen and oxygen atoms in total. The Hall–Kier alpha value is -0.0800. The molecule has 0 aromatic heterocycles. The van der Waals surface area contributed by atoms with E-state index in [1.54, 1.807) is 0 Å². The highest BCUT2D eigenvalue weighted by Crippen LogP contribution is 2.15. The van der Waals surface area contributed by atoms with Crippen molar-refractivity contribution in [2.75, 3.05) is 20.1 Å². The average molecular weight is 214 g/mol. The first-order chi connectivity index (χ1) is 7.08. The van der Waals surface area contributed by atoms with Gasteiger partial charge >= 0.3 is 0 Å². The predicted octanol–water partition coefficient (Wildman–Crippen LogP) is 2.74. The van der Waals surface area contributed by atoms with Crippen molar-refractivity contribution in [3.63, 3.8) is 0 Å². The van der Waals surface area contributed by atoms with Gasteiger partial charge in [-0.1, -0.05) is 34.6 Å². The molecule has 0 amide bonds. The zero-order valence-corrected chi connectivity index (χ0v) is 11.5. The SMILES string of the molecule is CCNCC(C(C)C)N(C)C(CC)CC. The number of hydrogen-bond acceptors (Lipinski definition) is 2. The minimum atomic E-state index is 0.662. The number of rotatable bonds is 8. The fourth-order valence-corrected chi connectivity index (χ4v) is 2.28. The fourth-order valence-electron chi connectivity index (χ4n) is 2.28. The fraction of sp³-hybridized carbons (Fsp3) is 1.00. The summed E-state index contributed by atoms with van der Waals surface area (Å²) in [7, 11) is 2.28. The molecule has 1 atom stereocenters. The topological polar surface area (TPSA) is 15.3 Å². The summed E-state index contributed by atoms with van der Waals surface area (Å²) >= 11 is 0. The Morgan fingerprint density at radius 1 is 1.07 bits per heavy atom. The molecule has 0 fully saturated rings. The maximum atomic E-state index is 3.47. The van der Waals surface area contributed by atoms with Gasteiger partial charge in [-0.05, 0) is 32.4 Å². The molecule has 0 aliphatic carbocycles. The van der Waals surface area contributed by atoms with Crippen molar-refractivity contribution in [3.05, 3.63) is 0 Å². The molecule has 1 unspecified atom stereocenters. The second-order valence-electron chi connectivity index (χ2n) is 4.75. The largest absolute Gasteiger partial charge is 0.315 e. The van der Waals surface area contributed by atoms with Crippen LogP contribution in [0.15, 0.2) is 0 Å². The lowest BCUT2D eigenvalue weighted by molar-refractivity contribution is 0.126. The molecular formula is C13H30N2. The van der Waals surface area contributed by atoms with Crippen molar-refractivity contribution in [1.82, 2.24) is 10.2 Å². The van der Waals surface area contributed by atoms with E-state index < -0.39 is 0 Å². The number of hydrogen-bond donors (Lipinski definition) is 1. The van der Waals surface area contributed by atoms with Crippen LogP contribution in [0.3, 0.4) is 0 Å². The lowest BCUT2D eigenvalue weighted by Crippen LogP contribution is -2.48. The number of nitrogens with one attached hydrogen (secondary N) is 1. The van der Waals surface area contributed by atoms with Gasteiger partial charge < -0.3 is 5.32 Å². The monoisotopic (exact) mass is 214 g/mol. The van der Waals surface area contributed by atoms with Gasteiger partial charge in [-0.15, -0.1) is 0 Å². The molecule has 0 radical (unpaired) electrons. The van der Waals surface area contributed by atoms with Gasteiger partial charge in [0.2, 0.25) is 0 Å². The third kappa shape index (κ3) is 4.98. The maximum Gasteiger partial charge on any atom is 0.0243 e. The Labute approximate surface area is 96.4 Å². The zero-order chi connectivity index (χ0) is 11.8. The van der Waals surface area contributed by atoms with E-state index in [-0.39, 0.29) is 0 Å². The molecule has 0 heterocycles. The molecule has 0 aliphatic heterocycles. The quantitative estimate of drug-likeness (QED) is 0.668. The molecule has 92 valence electrons. The molecule has 0 saturated carbocycles. The van der Waals surface area contributed by atoms with Crippen LogP contribution in [-0.4, -0.2) is 37.1 Å². The summed E-state index contributed by atoms with van der Waals surface area (Å²) in [5, 5.41) is 3.47. The van der Waals surface area contributed by atoms with Gasteiger partial charge in [-0.25, -0.2) is 0 Å². The third-order valence-corrected chi connectivity index (χ3v) is 3.41. The van der Waals surface area contributed by atoms with Crippen LogP contribution in [0.25, 0.3) is 0 Å². The van der Waals surface area contributed by atoms with E-state index in [4.69, 9.17) is 0 Å². The smallest absolute Gasteiger partial charge is 0.0243 e. The molecule has 15 heavy (non-hydrogen) atoms. The molecule has 0 rings (SSSR count). The summed E-state index contributed by atoms with van der Waals surface area (Å²) in [6.07, 6.45) is 2.50. The molecule has 0 spiro atoms. The van der Waals surface area contributed by atoms with E-state index in [1.165, 1.54) is 12.8 Å². The molecule has 1 N–H and O–H groups in total. The first-order valence-electron chi connectivity index (χ1n) is 6.50. The van der Waals surface area contributed by atoms with Crippen molar-refractivity contribution in [2.45, 2.75) is 59.5 Å². The Morgan fingerprint density at radius 2 is 1.60 bits per heavy atom. The van der Waals surface area contributed by atoms with Crippen LogP contribution in [0.4, 0.5) is 0 Å². The Kier molecular flexibility index (Phi) is 8.07. The van der Waals surface area contributed by atoms with Crippen LogP contribution in [-0.2, 0) is 0 Å². The standard InChI is InChI=1S/C13H30N2/c1-7-12(8-2)15(6)13(11(4)5)10-14-9-3/h11-14H,7-10H2,1-6H3. The summed E-state index contributed by atoms with van der Waals surface area (Å²) in [6, 6.07) is 1.39. The summed E-state index contributed by atoms with van der Waals surface area (Å²) in [5.41, 5.74) is 0. The highest BCUT2D eigenvalue weighted by Gasteiger charge is 2.22. The van der Waals surface area contributed by atoms with Crippen LogP contribution in [0, 0.1) is 5.92 Å². The van der Waals surface area contributed by atoms with Crippen molar-refractivity contribution in [1.29, 1.82) is 0 Å². The van der Waals surface area contributed by atoms with Crippen LogP contribution in [0.1, 0.15) is 47.5 Å². The van der Waals surface area contributed by atoms with E-state index in [9.17, 15) is 0 Å². The summed E-state index contributed by atoms with van der Waals surface area (Å²) < 4.78 is 0. The van der Waals surface area contributed by atoms with E-state index >= 15 is 0 Å². The third-order valence-electron chi connectivity index (χ3n) is 3.41. The van der Waals surface area contributed by atoms with Gasteiger partial charge in [0.25, 0.3) is 0 Å². The molecule has 0 aromatic rings. The zero-order valence-electron chi connectivity index (χ0n) is 11.5. The molecule has 0 aliphatic rings. The summed E-state index contributed by atoms with van der Waals surface area (Å²) in [4.78, 5) is 2.56. The normalized spacial score (nSPS) is 14.2. The lowest BCUT2D eigenvalue weighted by atomic mass is 9.99. The van der Waals surface area contributed by atoms with Gasteiger partial charge in [0.05, 0.1) is 0 Å². The van der Waals surface area contributed by atoms with Crippen molar-refractivity contribution >= 4 is 0 Å². The van der Waals surface area contributed by atoms with Crippen LogP contribution in [0.5, 0.6) is 0 Å². The van der Waals surface area contributed by atoms with Gasteiger partial charge in [-0.3, -0.25) is 4.90 Å². The molecule has 0 bridgehead atoms. The minimum Gasteiger partial charge on any atom is -0.315 e. The van der Waals surface area contributed by atoms with Gasteiger partial charge in [0, 0.05) is 18.6 Å². The highest BCUT2D eigenvalue weighted by molar-refractivity contribution is 4.79. The minimum absolute atomic E-state index is 0.662. The van der Waals surface area contributed by atoms with Crippen LogP contribution < -0.4 is 5.32 Å². The maximum absolute atomic E-state index is 3.47. The van der Waals surface area contributed by atoms with Crippen LogP contribution in [0.2, 0.25) is 0 Å². The number of nitrogens with zero attached hydrogens (tertiary/aromatic N) is 1. The molecule has 0 saturated heterocycles. The first-order valence-corrected chi connectivity index (χ1v) is 6.50. The van der Waals surface area contributed by atoms with E-state index in [2.05, 4.69) is 51.9 Å². The summed E-state index contributed by atoms with van der Waals surface area (Å²) in [5.74, 6) is 0.717. The molecular weight excluding hydrogens is 184 g/mol. The van der Waals surface area contributed by atoms with Crippen LogP contribution >= 0.6 is 0 Å². The Morgan fingerprint density at radius 3 is 1.93 bits per heavy atom.